The quantitative estimate of drug-likeness (QED) is 0.751. The van der Waals surface area contributed by atoms with Gasteiger partial charge in [0.25, 0.3) is 0 Å². The van der Waals surface area contributed by atoms with Crippen LogP contribution in [0.2, 0.25) is 0 Å². The van der Waals surface area contributed by atoms with Gasteiger partial charge >= 0.3 is 0 Å². The van der Waals surface area contributed by atoms with Crippen molar-refractivity contribution in [2.45, 2.75) is 39.3 Å². The van der Waals surface area contributed by atoms with Crippen molar-refractivity contribution in [2.24, 2.45) is 5.92 Å². The highest BCUT2D eigenvalue weighted by Gasteiger charge is 2.38. The minimum Gasteiger partial charge on any atom is -0.305 e. The Labute approximate surface area is 112 Å². The predicted octanol–water partition coefficient (Wildman–Crippen LogP) is 1.50. The van der Waals surface area contributed by atoms with E-state index in [-0.39, 0.29) is 23.8 Å². The topological polar surface area (TPSA) is 58.2 Å². The van der Waals surface area contributed by atoms with E-state index in [0.717, 1.165) is 6.54 Å². The van der Waals surface area contributed by atoms with Gasteiger partial charge < -0.3 is 5.32 Å². The van der Waals surface area contributed by atoms with Crippen molar-refractivity contribution in [2.75, 3.05) is 0 Å². The average Bonchev–Trinajstić information content (AvgIpc) is 2.80. The van der Waals surface area contributed by atoms with Gasteiger partial charge in [-0.1, -0.05) is 12.1 Å². The number of carbonyl (C=O) groups is 2. The van der Waals surface area contributed by atoms with Gasteiger partial charge in [-0.25, -0.2) is 0 Å². The van der Waals surface area contributed by atoms with Crippen LogP contribution < -0.4 is 10.6 Å². The molecule has 1 saturated heterocycles. The summed E-state index contributed by atoms with van der Waals surface area (Å²) < 4.78 is 0. The minimum absolute atomic E-state index is 0.0444. The average molecular weight is 258 g/mol. The molecule has 2 N–H and O–H groups in total. The van der Waals surface area contributed by atoms with Crippen LogP contribution in [0.3, 0.4) is 0 Å². The van der Waals surface area contributed by atoms with E-state index in [1.807, 2.05) is 0 Å². The Morgan fingerprint density at radius 3 is 2.63 bits per heavy atom. The van der Waals surface area contributed by atoms with Crippen LogP contribution in [0.1, 0.15) is 41.1 Å². The van der Waals surface area contributed by atoms with Gasteiger partial charge in [0.15, 0.2) is 0 Å². The van der Waals surface area contributed by atoms with Crippen LogP contribution in [0.5, 0.6) is 0 Å². The highest BCUT2D eigenvalue weighted by molar-refractivity contribution is 5.99. The number of benzene rings is 1. The van der Waals surface area contributed by atoms with Gasteiger partial charge in [0.2, 0.25) is 11.8 Å². The van der Waals surface area contributed by atoms with Crippen LogP contribution in [0, 0.1) is 19.8 Å². The number of hydrogen-bond donors (Lipinski definition) is 2. The fourth-order valence-electron chi connectivity index (χ4n) is 3.24. The van der Waals surface area contributed by atoms with Crippen LogP contribution >= 0.6 is 0 Å². The van der Waals surface area contributed by atoms with Crippen molar-refractivity contribution >= 4 is 11.8 Å². The molecule has 0 radical (unpaired) electrons. The van der Waals surface area contributed by atoms with Gasteiger partial charge in [-0.2, -0.15) is 0 Å². The summed E-state index contributed by atoms with van der Waals surface area (Å²) in [6.07, 6.45) is 1.07. The van der Waals surface area contributed by atoms with Gasteiger partial charge in [0.1, 0.15) is 0 Å². The predicted molar refractivity (Wildman–Crippen MR) is 71.4 cm³/mol. The third-order valence-electron chi connectivity index (χ3n) is 4.30. The number of rotatable bonds is 1. The first-order valence-electron chi connectivity index (χ1n) is 6.74. The number of nitrogens with one attached hydrogen (secondary N) is 2. The first-order valence-corrected chi connectivity index (χ1v) is 6.74. The summed E-state index contributed by atoms with van der Waals surface area (Å²) >= 11 is 0. The first-order chi connectivity index (χ1) is 9.08. The lowest BCUT2D eigenvalue weighted by Crippen LogP contribution is -2.44. The fourth-order valence-corrected chi connectivity index (χ4v) is 3.24. The number of fused-ring (bicyclic) bond motifs is 1. The number of amides is 2. The molecule has 100 valence electrons. The molecular formula is C15H18N2O2. The number of aryl methyl sites for hydroxylation is 2. The van der Waals surface area contributed by atoms with Crippen molar-refractivity contribution < 1.29 is 9.59 Å². The van der Waals surface area contributed by atoms with Crippen molar-refractivity contribution in [1.29, 1.82) is 0 Å². The fraction of sp³-hybridized carbons (Fsp3) is 0.467. The second-order valence-corrected chi connectivity index (χ2v) is 5.51. The molecule has 2 amide bonds. The maximum Gasteiger partial charge on any atom is 0.231 e. The Morgan fingerprint density at radius 2 is 1.89 bits per heavy atom. The number of piperidine rings is 1. The van der Waals surface area contributed by atoms with Crippen LogP contribution in [-0.4, -0.2) is 11.8 Å². The third-order valence-corrected chi connectivity index (χ3v) is 4.30. The third kappa shape index (κ3) is 1.96. The summed E-state index contributed by atoms with van der Waals surface area (Å²) in [5.41, 5.74) is 5.06. The molecule has 1 aromatic carbocycles. The van der Waals surface area contributed by atoms with Gasteiger partial charge in [-0.15, -0.1) is 0 Å². The van der Waals surface area contributed by atoms with E-state index in [9.17, 15) is 9.59 Å². The monoisotopic (exact) mass is 258 g/mol. The Hall–Kier alpha value is -1.68. The molecule has 2 aliphatic heterocycles. The lowest BCUT2D eigenvalue weighted by molar-refractivity contribution is -0.137. The van der Waals surface area contributed by atoms with E-state index < -0.39 is 0 Å². The maximum absolute atomic E-state index is 12.0. The smallest absolute Gasteiger partial charge is 0.231 e. The zero-order valence-electron chi connectivity index (χ0n) is 11.2. The highest BCUT2D eigenvalue weighted by Crippen LogP contribution is 2.37. The van der Waals surface area contributed by atoms with E-state index in [4.69, 9.17) is 0 Å². The zero-order chi connectivity index (χ0) is 13.6. The second kappa shape index (κ2) is 4.46. The maximum atomic E-state index is 12.0. The molecule has 3 rings (SSSR count). The molecule has 4 nitrogen and oxygen atoms in total. The zero-order valence-corrected chi connectivity index (χ0v) is 11.2. The Morgan fingerprint density at radius 1 is 1.16 bits per heavy atom. The first kappa shape index (κ1) is 12.4. The lowest BCUT2D eigenvalue weighted by Gasteiger charge is -2.27. The summed E-state index contributed by atoms with van der Waals surface area (Å²) in [4.78, 5) is 23.3. The molecule has 0 saturated carbocycles. The van der Waals surface area contributed by atoms with Crippen molar-refractivity contribution in [3.63, 3.8) is 0 Å². The summed E-state index contributed by atoms with van der Waals surface area (Å²) in [6.45, 7) is 5.00. The SMILES string of the molecule is Cc1ccc(C)c2c1CNC2C1CCC(=O)NC1=O. The molecule has 2 atom stereocenters. The molecule has 0 aliphatic carbocycles. The number of carbonyl (C=O) groups excluding carboxylic acids is 2. The summed E-state index contributed by atoms with van der Waals surface area (Å²) in [7, 11) is 0. The molecular weight excluding hydrogens is 240 g/mol. The highest BCUT2D eigenvalue weighted by atomic mass is 16.2. The van der Waals surface area contributed by atoms with Gasteiger partial charge in [-0.3, -0.25) is 14.9 Å². The van der Waals surface area contributed by atoms with Crippen molar-refractivity contribution in [1.82, 2.24) is 10.6 Å². The molecule has 1 aromatic rings. The Kier molecular flexibility index (Phi) is 2.90. The molecule has 1 fully saturated rings. The molecule has 2 aliphatic rings. The summed E-state index contributed by atoms with van der Waals surface area (Å²) in [5, 5.41) is 5.90. The molecule has 0 aromatic heterocycles. The number of hydrogen-bond acceptors (Lipinski definition) is 3. The normalized spacial score (nSPS) is 26.2. The van der Waals surface area contributed by atoms with Crippen molar-refractivity contribution in [3.05, 3.63) is 34.4 Å². The van der Waals surface area contributed by atoms with Crippen LogP contribution in [0.15, 0.2) is 12.1 Å². The standard InChI is InChI=1S/C15H18N2O2/c1-8-3-4-9(2)13-11(8)7-16-14(13)10-5-6-12(18)17-15(10)19/h3-4,10,14,16H,5-7H2,1-2H3,(H,17,18,19). The molecule has 0 spiro atoms. The van der Waals surface area contributed by atoms with Gasteiger partial charge in [-0.05, 0) is 42.5 Å². The summed E-state index contributed by atoms with van der Waals surface area (Å²) in [6, 6.07) is 4.28. The molecule has 2 unspecified atom stereocenters. The van der Waals surface area contributed by atoms with Crippen LogP contribution in [-0.2, 0) is 16.1 Å². The second-order valence-electron chi connectivity index (χ2n) is 5.51. The van der Waals surface area contributed by atoms with Crippen molar-refractivity contribution in [3.8, 4) is 0 Å². The van der Waals surface area contributed by atoms with E-state index in [2.05, 4.69) is 36.6 Å². The Balaban J connectivity index is 1.96. The lowest BCUT2D eigenvalue weighted by atomic mass is 9.84. The van der Waals surface area contributed by atoms with Gasteiger partial charge in [0.05, 0.1) is 5.92 Å². The van der Waals surface area contributed by atoms with Gasteiger partial charge in [0, 0.05) is 19.0 Å². The van der Waals surface area contributed by atoms with E-state index in [1.165, 1.54) is 22.3 Å². The van der Waals surface area contributed by atoms with Crippen LogP contribution in [0.4, 0.5) is 0 Å². The molecule has 4 heteroatoms. The summed E-state index contributed by atoms with van der Waals surface area (Å²) in [5.74, 6) is -0.428. The van der Waals surface area contributed by atoms with E-state index in [0.29, 0.717) is 12.8 Å². The Bertz CT molecular complexity index is 566. The molecule has 19 heavy (non-hydrogen) atoms. The van der Waals surface area contributed by atoms with E-state index >= 15 is 0 Å². The molecule has 0 bridgehead atoms. The minimum atomic E-state index is -0.152. The van der Waals surface area contributed by atoms with Crippen LogP contribution in [0.25, 0.3) is 0 Å². The number of imide groups is 1. The largest absolute Gasteiger partial charge is 0.305 e. The molecule has 2 heterocycles. The van der Waals surface area contributed by atoms with E-state index in [1.54, 1.807) is 0 Å².